The molecule has 15 heavy (non-hydrogen) atoms. The third-order valence-electron chi connectivity index (χ3n) is 1.93. The predicted molar refractivity (Wildman–Crippen MR) is 68.0 cm³/mol. The van der Waals surface area contributed by atoms with Crippen LogP contribution in [0.5, 0.6) is 0 Å². The highest BCUT2D eigenvalue weighted by Crippen LogP contribution is 2.15. The van der Waals surface area contributed by atoms with E-state index in [4.69, 9.17) is 0 Å². The van der Waals surface area contributed by atoms with Gasteiger partial charge in [-0.25, -0.2) is 0 Å². The van der Waals surface area contributed by atoms with Crippen molar-refractivity contribution >= 4 is 23.1 Å². The summed E-state index contributed by atoms with van der Waals surface area (Å²) in [5.74, 6) is 1.36. The molecule has 0 unspecified atom stereocenters. The average Bonchev–Trinajstić information content (AvgIpc) is 2.29. The summed E-state index contributed by atoms with van der Waals surface area (Å²) >= 11 is 1.56. The monoisotopic (exact) mass is 218 g/mol. The number of allylic oxidation sites excluding steroid dienone is 1. The molecule has 1 aromatic rings. The molecule has 0 fully saturated rings. The Hall–Kier alpha value is -1.28. The maximum atomic E-state index is 11.7. The van der Waals surface area contributed by atoms with Crippen molar-refractivity contribution in [2.45, 2.75) is 0 Å². The van der Waals surface area contributed by atoms with Crippen LogP contribution in [0.4, 0.5) is 0 Å². The van der Waals surface area contributed by atoms with Gasteiger partial charge in [-0.15, -0.1) is 18.3 Å². The lowest BCUT2D eigenvalue weighted by molar-refractivity contribution is -0.111. The number of hydrogen-bond acceptors (Lipinski definition) is 2. The number of carbonyl (C=O) groups excluding carboxylic acids is 1. The summed E-state index contributed by atoms with van der Waals surface area (Å²) in [5, 5.41) is 0. The van der Waals surface area contributed by atoms with E-state index in [-0.39, 0.29) is 5.78 Å². The van der Waals surface area contributed by atoms with Gasteiger partial charge in [-0.3, -0.25) is 4.79 Å². The summed E-state index contributed by atoms with van der Waals surface area (Å²) in [6.07, 6.45) is 1.79. The van der Waals surface area contributed by atoms with Crippen LogP contribution in [0.3, 0.4) is 0 Å². The fraction of sp³-hybridized carbons (Fsp3) is 0.154. The van der Waals surface area contributed by atoms with Gasteiger partial charge in [0.2, 0.25) is 0 Å². The molecule has 0 N–H and O–H groups in total. The molecule has 0 aliphatic rings. The van der Waals surface area contributed by atoms with Gasteiger partial charge in [0.25, 0.3) is 0 Å². The first-order valence-electron chi connectivity index (χ1n) is 4.72. The highest BCUT2D eigenvalue weighted by Gasteiger charge is 2.08. The molecular formula is C13H14OS. The first-order chi connectivity index (χ1) is 7.25. The fourth-order valence-electron chi connectivity index (χ4n) is 1.12. The Kier molecular flexibility index (Phi) is 4.91. The first-order valence-corrected chi connectivity index (χ1v) is 5.87. The predicted octanol–water partition coefficient (Wildman–Crippen LogP) is 3.19. The van der Waals surface area contributed by atoms with Gasteiger partial charge in [-0.1, -0.05) is 43.0 Å². The standard InChI is InChI=1S/C13H14OS/c1-3-9-15-10-13(14)11(2)12-7-5-4-6-8-12/h3-8H,1-2,9-10H2. The maximum absolute atomic E-state index is 11.7. The molecule has 0 aromatic heterocycles. The Bertz CT molecular complexity index is 354. The zero-order valence-corrected chi connectivity index (χ0v) is 9.43. The summed E-state index contributed by atoms with van der Waals surface area (Å²) in [4.78, 5) is 11.7. The summed E-state index contributed by atoms with van der Waals surface area (Å²) in [6.45, 7) is 7.42. The minimum Gasteiger partial charge on any atom is -0.293 e. The lowest BCUT2D eigenvalue weighted by Crippen LogP contribution is -2.03. The molecular weight excluding hydrogens is 204 g/mol. The van der Waals surface area contributed by atoms with Gasteiger partial charge in [0.05, 0.1) is 5.75 Å². The number of carbonyl (C=O) groups is 1. The van der Waals surface area contributed by atoms with Crippen molar-refractivity contribution < 1.29 is 4.79 Å². The van der Waals surface area contributed by atoms with Crippen molar-refractivity contribution in [3.63, 3.8) is 0 Å². The van der Waals surface area contributed by atoms with Gasteiger partial charge in [0.15, 0.2) is 5.78 Å². The van der Waals surface area contributed by atoms with Crippen molar-refractivity contribution in [2.24, 2.45) is 0 Å². The van der Waals surface area contributed by atoms with E-state index in [0.29, 0.717) is 11.3 Å². The number of hydrogen-bond donors (Lipinski definition) is 0. The molecule has 1 rings (SSSR count). The van der Waals surface area contributed by atoms with Crippen LogP contribution in [0.25, 0.3) is 5.57 Å². The third-order valence-corrected chi connectivity index (χ3v) is 2.87. The Morgan fingerprint density at radius 2 is 2.00 bits per heavy atom. The molecule has 0 aliphatic carbocycles. The van der Waals surface area contributed by atoms with E-state index in [1.54, 1.807) is 17.8 Å². The summed E-state index contributed by atoms with van der Waals surface area (Å²) in [7, 11) is 0. The number of benzene rings is 1. The molecule has 0 saturated heterocycles. The number of thioether (sulfide) groups is 1. The molecule has 0 atom stereocenters. The lowest BCUT2D eigenvalue weighted by Gasteiger charge is -2.03. The van der Waals surface area contributed by atoms with Crippen LogP contribution in [-0.2, 0) is 4.79 Å². The van der Waals surface area contributed by atoms with Crippen LogP contribution in [0, 0.1) is 0 Å². The molecule has 78 valence electrons. The van der Waals surface area contributed by atoms with Crippen molar-refractivity contribution in [3.05, 3.63) is 55.1 Å². The maximum Gasteiger partial charge on any atom is 0.172 e. The van der Waals surface area contributed by atoms with Gasteiger partial charge < -0.3 is 0 Å². The zero-order valence-electron chi connectivity index (χ0n) is 8.61. The Morgan fingerprint density at radius 3 is 2.60 bits per heavy atom. The number of rotatable bonds is 6. The number of ketones is 1. The molecule has 0 amide bonds. The Labute approximate surface area is 94.9 Å². The molecule has 0 aliphatic heterocycles. The van der Waals surface area contributed by atoms with Crippen LogP contribution in [0.2, 0.25) is 0 Å². The second-order valence-electron chi connectivity index (χ2n) is 3.07. The van der Waals surface area contributed by atoms with Crippen LogP contribution < -0.4 is 0 Å². The normalized spacial score (nSPS) is 9.60. The van der Waals surface area contributed by atoms with Crippen molar-refractivity contribution in [1.82, 2.24) is 0 Å². The highest BCUT2D eigenvalue weighted by atomic mass is 32.2. The molecule has 1 aromatic carbocycles. The van der Waals surface area contributed by atoms with Crippen LogP contribution >= 0.6 is 11.8 Å². The molecule has 0 radical (unpaired) electrons. The van der Waals surface area contributed by atoms with Crippen LogP contribution in [0.1, 0.15) is 5.56 Å². The van der Waals surface area contributed by atoms with Crippen molar-refractivity contribution in [2.75, 3.05) is 11.5 Å². The number of Topliss-reactive ketones (excluding diaryl/α,β-unsaturated/α-hetero) is 1. The summed E-state index contributed by atoms with van der Waals surface area (Å²) in [5.41, 5.74) is 1.49. The van der Waals surface area contributed by atoms with E-state index < -0.39 is 0 Å². The third kappa shape index (κ3) is 3.76. The lowest BCUT2D eigenvalue weighted by atomic mass is 10.1. The Balaban J connectivity index is 2.54. The summed E-state index contributed by atoms with van der Waals surface area (Å²) < 4.78 is 0. The van der Waals surface area contributed by atoms with E-state index in [1.807, 2.05) is 30.3 Å². The second kappa shape index (κ2) is 6.25. The minimum atomic E-state index is 0.0908. The summed E-state index contributed by atoms with van der Waals surface area (Å²) in [6, 6.07) is 9.54. The van der Waals surface area contributed by atoms with E-state index in [9.17, 15) is 4.79 Å². The van der Waals surface area contributed by atoms with Crippen LogP contribution in [0.15, 0.2) is 49.6 Å². The first kappa shape index (κ1) is 11.8. The van der Waals surface area contributed by atoms with Crippen molar-refractivity contribution in [3.8, 4) is 0 Å². The molecule has 0 saturated carbocycles. The van der Waals surface area contributed by atoms with Gasteiger partial charge >= 0.3 is 0 Å². The Morgan fingerprint density at radius 1 is 1.33 bits per heavy atom. The van der Waals surface area contributed by atoms with E-state index >= 15 is 0 Å². The second-order valence-corrected chi connectivity index (χ2v) is 4.10. The smallest absolute Gasteiger partial charge is 0.172 e. The topological polar surface area (TPSA) is 17.1 Å². The molecule has 1 nitrogen and oxygen atoms in total. The largest absolute Gasteiger partial charge is 0.293 e. The molecule has 0 bridgehead atoms. The highest BCUT2D eigenvalue weighted by molar-refractivity contribution is 8.00. The average molecular weight is 218 g/mol. The van der Waals surface area contributed by atoms with Gasteiger partial charge in [0, 0.05) is 11.3 Å². The zero-order chi connectivity index (χ0) is 11.1. The molecule has 2 heteroatoms. The van der Waals surface area contributed by atoms with Gasteiger partial charge in [-0.2, -0.15) is 0 Å². The van der Waals surface area contributed by atoms with Gasteiger partial charge in [-0.05, 0) is 5.56 Å². The minimum absolute atomic E-state index is 0.0908. The van der Waals surface area contributed by atoms with E-state index in [1.165, 1.54) is 0 Å². The van der Waals surface area contributed by atoms with E-state index in [0.717, 1.165) is 11.3 Å². The SMILES string of the molecule is C=CCSCC(=O)C(=C)c1ccccc1. The van der Waals surface area contributed by atoms with E-state index in [2.05, 4.69) is 13.2 Å². The fourth-order valence-corrected chi connectivity index (χ4v) is 1.77. The quantitative estimate of drug-likeness (QED) is 0.414. The molecule has 0 heterocycles. The van der Waals surface area contributed by atoms with Crippen molar-refractivity contribution in [1.29, 1.82) is 0 Å². The van der Waals surface area contributed by atoms with Crippen LogP contribution in [-0.4, -0.2) is 17.3 Å². The van der Waals surface area contributed by atoms with Gasteiger partial charge in [0.1, 0.15) is 0 Å². The molecule has 0 spiro atoms.